The molecule has 1 N–H and O–H groups in total. The summed E-state index contributed by atoms with van der Waals surface area (Å²) in [4.78, 5) is 0. The predicted octanol–water partition coefficient (Wildman–Crippen LogP) is 5.29. The van der Waals surface area contributed by atoms with Crippen LogP contribution in [0.5, 0.6) is 5.75 Å². The molecule has 2 aromatic rings. The van der Waals surface area contributed by atoms with Crippen molar-refractivity contribution in [3.63, 3.8) is 0 Å². The first-order valence-corrected chi connectivity index (χ1v) is 8.52. The van der Waals surface area contributed by atoms with Crippen LogP contribution in [0.3, 0.4) is 0 Å². The van der Waals surface area contributed by atoms with Crippen LogP contribution in [0.4, 0.5) is 0 Å². The van der Waals surface area contributed by atoms with E-state index in [0.717, 1.165) is 26.8 Å². The molecule has 0 aliphatic carbocycles. The van der Waals surface area contributed by atoms with Crippen molar-refractivity contribution in [3.8, 4) is 5.75 Å². The molecule has 0 atom stereocenters. The highest BCUT2D eigenvalue weighted by atomic mass is 79.9. The number of rotatable bonds is 6. The molecule has 4 heteroatoms. The summed E-state index contributed by atoms with van der Waals surface area (Å²) >= 11 is 7.04. The Labute approximate surface area is 143 Å². The van der Waals surface area contributed by atoms with E-state index in [2.05, 4.69) is 69.2 Å². The molecule has 0 heterocycles. The minimum Gasteiger partial charge on any atom is -0.489 e. The largest absolute Gasteiger partial charge is 0.489 e. The van der Waals surface area contributed by atoms with Gasteiger partial charge in [-0.2, -0.15) is 0 Å². The fourth-order valence-corrected chi connectivity index (χ4v) is 2.64. The Bertz CT molecular complexity index is 582. The second-order valence-corrected chi connectivity index (χ2v) is 6.97. The molecule has 2 nitrogen and oxygen atoms in total. The molecule has 0 aromatic heterocycles. The Morgan fingerprint density at radius 1 is 1.05 bits per heavy atom. The van der Waals surface area contributed by atoms with Gasteiger partial charge in [-0.05, 0) is 35.9 Å². The van der Waals surface area contributed by atoms with E-state index >= 15 is 0 Å². The molecule has 0 aliphatic rings. The van der Waals surface area contributed by atoms with E-state index in [9.17, 15) is 0 Å². The standard InChI is InChI=1S/C17H19Br2NO/c1-12(2)20-10-13-3-4-14(17(19)9-13)11-21-16-7-5-15(18)6-8-16/h3-9,12,20H,10-11H2,1-2H3. The van der Waals surface area contributed by atoms with E-state index in [-0.39, 0.29) is 0 Å². The quantitative estimate of drug-likeness (QED) is 0.695. The van der Waals surface area contributed by atoms with E-state index in [1.165, 1.54) is 5.56 Å². The van der Waals surface area contributed by atoms with Crippen LogP contribution < -0.4 is 10.1 Å². The molecular formula is C17H19Br2NO. The first-order chi connectivity index (χ1) is 10.0. The van der Waals surface area contributed by atoms with Crippen molar-refractivity contribution in [2.24, 2.45) is 0 Å². The van der Waals surface area contributed by atoms with Crippen LogP contribution in [0.2, 0.25) is 0 Å². The highest BCUT2D eigenvalue weighted by Crippen LogP contribution is 2.22. The highest BCUT2D eigenvalue weighted by molar-refractivity contribution is 9.10. The lowest BCUT2D eigenvalue weighted by Crippen LogP contribution is -2.21. The summed E-state index contributed by atoms with van der Waals surface area (Å²) in [6.45, 7) is 5.73. The summed E-state index contributed by atoms with van der Waals surface area (Å²) in [6.07, 6.45) is 0. The predicted molar refractivity (Wildman–Crippen MR) is 94.6 cm³/mol. The summed E-state index contributed by atoms with van der Waals surface area (Å²) in [7, 11) is 0. The third-order valence-electron chi connectivity index (χ3n) is 3.04. The molecule has 21 heavy (non-hydrogen) atoms. The van der Waals surface area contributed by atoms with Crippen molar-refractivity contribution in [1.29, 1.82) is 0 Å². The summed E-state index contributed by atoms with van der Waals surface area (Å²) in [5.74, 6) is 0.871. The maximum Gasteiger partial charge on any atom is 0.119 e. The van der Waals surface area contributed by atoms with Gasteiger partial charge in [-0.3, -0.25) is 0 Å². The number of hydrogen-bond donors (Lipinski definition) is 1. The minimum absolute atomic E-state index is 0.490. The van der Waals surface area contributed by atoms with Gasteiger partial charge < -0.3 is 10.1 Å². The van der Waals surface area contributed by atoms with Crippen LogP contribution in [-0.4, -0.2) is 6.04 Å². The van der Waals surface area contributed by atoms with Gasteiger partial charge in [0.05, 0.1) is 0 Å². The molecule has 112 valence electrons. The van der Waals surface area contributed by atoms with Crippen LogP contribution in [-0.2, 0) is 13.2 Å². The van der Waals surface area contributed by atoms with Gasteiger partial charge >= 0.3 is 0 Å². The molecule has 0 radical (unpaired) electrons. The molecule has 2 rings (SSSR count). The number of halogens is 2. The fraction of sp³-hybridized carbons (Fsp3) is 0.294. The van der Waals surface area contributed by atoms with E-state index < -0.39 is 0 Å². The van der Waals surface area contributed by atoms with Crippen molar-refractivity contribution in [1.82, 2.24) is 5.32 Å². The van der Waals surface area contributed by atoms with Crippen LogP contribution in [0.1, 0.15) is 25.0 Å². The summed E-state index contributed by atoms with van der Waals surface area (Å²) in [5, 5.41) is 3.42. The molecule has 0 amide bonds. The van der Waals surface area contributed by atoms with Crippen molar-refractivity contribution < 1.29 is 4.74 Å². The van der Waals surface area contributed by atoms with E-state index in [1.54, 1.807) is 0 Å². The maximum atomic E-state index is 5.80. The lowest BCUT2D eigenvalue weighted by molar-refractivity contribution is 0.305. The molecule has 0 saturated heterocycles. The zero-order chi connectivity index (χ0) is 15.2. The van der Waals surface area contributed by atoms with Crippen LogP contribution in [0.25, 0.3) is 0 Å². The molecule has 0 saturated carbocycles. The number of hydrogen-bond acceptors (Lipinski definition) is 2. The Morgan fingerprint density at radius 2 is 1.76 bits per heavy atom. The third kappa shape index (κ3) is 5.46. The zero-order valence-electron chi connectivity index (χ0n) is 12.2. The average Bonchev–Trinajstić information content (AvgIpc) is 2.46. The molecule has 0 bridgehead atoms. The molecular weight excluding hydrogens is 394 g/mol. The Morgan fingerprint density at radius 3 is 2.38 bits per heavy atom. The molecule has 0 fully saturated rings. The first kappa shape index (κ1) is 16.5. The lowest BCUT2D eigenvalue weighted by Gasteiger charge is -2.11. The van der Waals surface area contributed by atoms with Crippen molar-refractivity contribution >= 4 is 31.9 Å². The van der Waals surface area contributed by atoms with Crippen molar-refractivity contribution in [2.45, 2.75) is 33.0 Å². The summed E-state index contributed by atoms with van der Waals surface area (Å²) in [5.41, 5.74) is 2.41. The smallest absolute Gasteiger partial charge is 0.119 e. The Hall–Kier alpha value is -0.840. The first-order valence-electron chi connectivity index (χ1n) is 6.93. The van der Waals surface area contributed by atoms with Gasteiger partial charge in [-0.15, -0.1) is 0 Å². The van der Waals surface area contributed by atoms with Gasteiger partial charge in [0.25, 0.3) is 0 Å². The average molecular weight is 413 g/mol. The van der Waals surface area contributed by atoms with Gasteiger partial charge in [0.2, 0.25) is 0 Å². The Kier molecular flexibility index (Phi) is 6.27. The second kappa shape index (κ2) is 7.97. The van der Waals surface area contributed by atoms with Gasteiger partial charge in [-0.1, -0.05) is 57.8 Å². The van der Waals surface area contributed by atoms with Gasteiger partial charge in [0.15, 0.2) is 0 Å². The zero-order valence-corrected chi connectivity index (χ0v) is 15.4. The van der Waals surface area contributed by atoms with Crippen LogP contribution in [0, 0.1) is 0 Å². The number of ether oxygens (including phenoxy) is 1. The topological polar surface area (TPSA) is 21.3 Å². The van der Waals surface area contributed by atoms with E-state index in [4.69, 9.17) is 4.74 Å². The lowest BCUT2D eigenvalue weighted by atomic mass is 10.1. The van der Waals surface area contributed by atoms with Crippen molar-refractivity contribution in [3.05, 3.63) is 62.5 Å². The Balaban J connectivity index is 1.95. The van der Waals surface area contributed by atoms with E-state index in [1.807, 2.05) is 24.3 Å². The fourth-order valence-electron chi connectivity index (χ4n) is 1.83. The molecule has 0 spiro atoms. The molecule has 0 unspecified atom stereocenters. The molecule has 2 aromatic carbocycles. The normalized spacial score (nSPS) is 10.9. The van der Waals surface area contributed by atoms with Crippen molar-refractivity contribution in [2.75, 3.05) is 0 Å². The molecule has 0 aliphatic heterocycles. The second-order valence-electron chi connectivity index (χ2n) is 5.20. The highest BCUT2D eigenvalue weighted by Gasteiger charge is 2.04. The van der Waals surface area contributed by atoms with Gasteiger partial charge in [-0.25, -0.2) is 0 Å². The third-order valence-corrected chi connectivity index (χ3v) is 4.31. The maximum absolute atomic E-state index is 5.80. The SMILES string of the molecule is CC(C)NCc1ccc(COc2ccc(Br)cc2)c(Br)c1. The van der Waals surface area contributed by atoms with E-state index in [0.29, 0.717) is 12.6 Å². The number of nitrogens with one attached hydrogen (secondary N) is 1. The van der Waals surface area contributed by atoms with Gasteiger partial charge in [0.1, 0.15) is 12.4 Å². The van der Waals surface area contributed by atoms with Crippen LogP contribution >= 0.6 is 31.9 Å². The van der Waals surface area contributed by atoms with Crippen LogP contribution in [0.15, 0.2) is 51.4 Å². The minimum atomic E-state index is 0.490. The monoisotopic (exact) mass is 411 g/mol. The summed E-state index contributed by atoms with van der Waals surface area (Å²) < 4.78 is 7.94. The number of benzene rings is 2. The van der Waals surface area contributed by atoms with Gasteiger partial charge in [0, 0.05) is 27.1 Å². The summed E-state index contributed by atoms with van der Waals surface area (Å²) in [6, 6.07) is 14.8.